The zero-order valence-electron chi connectivity index (χ0n) is 10.7. The lowest BCUT2D eigenvalue weighted by molar-refractivity contribution is -0.116. The van der Waals surface area contributed by atoms with Crippen LogP contribution in [0.5, 0.6) is 0 Å². The monoisotopic (exact) mass is 260 g/mol. The maximum Gasteiger partial charge on any atom is 0.224 e. The van der Waals surface area contributed by atoms with Crippen LogP contribution in [0.25, 0.3) is 5.82 Å². The molecular weight excluding hydrogens is 244 g/mol. The van der Waals surface area contributed by atoms with Gasteiger partial charge in [0.1, 0.15) is 0 Å². The summed E-state index contributed by atoms with van der Waals surface area (Å²) in [5.41, 5.74) is 0.631. The van der Waals surface area contributed by atoms with E-state index in [0.717, 1.165) is 0 Å². The van der Waals surface area contributed by atoms with Gasteiger partial charge in [-0.2, -0.15) is 5.10 Å². The molecule has 2 N–H and O–H groups in total. The molecule has 0 aromatic carbocycles. The van der Waals surface area contributed by atoms with E-state index in [2.05, 4.69) is 15.4 Å². The molecule has 1 unspecified atom stereocenters. The molecule has 0 aliphatic heterocycles. The molecule has 0 bridgehead atoms. The van der Waals surface area contributed by atoms with Crippen LogP contribution in [0.3, 0.4) is 0 Å². The maximum absolute atomic E-state index is 11.6. The molecule has 2 aromatic heterocycles. The minimum Gasteiger partial charge on any atom is -0.393 e. The third kappa shape index (κ3) is 3.89. The van der Waals surface area contributed by atoms with Crippen LogP contribution in [-0.2, 0) is 4.79 Å². The molecular formula is C13H16N4O2. The highest BCUT2D eigenvalue weighted by atomic mass is 16.3. The summed E-state index contributed by atoms with van der Waals surface area (Å²) in [4.78, 5) is 15.8. The van der Waals surface area contributed by atoms with Crippen molar-refractivity contribution < 1.29 is 9.90 Å². The van der Waals surface area contributed by atoms with Gasteiger partial charge in [-0.05, 0) is 31.5 Å². The number of aliphatic hydroxyl groups is 1. The lowest BCUT2D eigenvalue weighted by Crippen LogP contribution is -2.14. The third-order valence-corrected chi connectivity index (χ3v) is 2.56. The van der Waals surface area contributed by atoms with Crippen molar-refractivity contribution in [3.63, 3.8) is 0 Å². The van der Waals surface area contributed by atoms with Gasteiger partial charge >= 0.3 is 0 Å². The zero-order valence-corrected chi connectivity index (χ0v) is 10.7. The van der Waals surface area contributed by atoms with Crippen molar-refractivity contribution in [3.8, 4) is 5.82 Å². The molecule has 0 saturated heterocycles. The van der Waals surface area contributed by atoms with Crippen molar-refractivity contribution in [1.82, 2.24) is 14.8 Å². The predicted octanol–water partition coefficient (Wildman–Crippen LogP) is 1.37. The second kappa shape index (κ2) is 6.10. The van der Waals surface area contributed by atoms with E-state index in [9.17, 15) is 4.79 Å². The number of nitrogens with zero attached hydrogens (tertiary/aromatic N) is 3. The zero-order chi connectivity index (χ0) is 13.7. The van der Waals surface area contributed by atoms with Gasteiger partial charge in [-0.15, -0.1) is 0 Å². The topological polar surface area (TPSA) is 80.0 Å². The summed E-state index contributed by atoms with van der Waals surface area (Å²) in [6.07, 6.45) is 5.32. The molecule has 6 nitrogen and oxygen atoms in total. The molecule has 2 aromatic rings. The summed E-state index contributed by atoms with van der Waals surface area (Å²) in [5.74, 6) is 0.557. The van der Waals surface area contributed by atoms with Crippen LogP contribution in [0.1, 0.15) is 19.8 Å². The van der Waals surface area contributed by atoms with Gasteiger partial charge in [-0.25, -0.2) is 9.67 Å². The molecule has 2 heterocycles. The molecule has 0 saturated carbocycles. The Morgan fingerprint density at radius 2 is 2.37 bits per heavy atom. The summed E-state index contributed by atoms with van der Waals surface area (Å²) in [7, 11) is 0. The van der Waals surface area contributed by atoms with E-state index in [1.165, 1.54) is 0 Å². The second-order valence-electron chi connectivity index (χ2n) is 4.29. The van der Waals surface area contributed by atoms with Gasteiger partial charge in [0.15, 0.2) is 5.82 Å². The largest absolute Gasteiger partial charge is 0.393 e. The summed E-state index contributed by atoms with van der Waals surface area (Å²) in [5, 5.41) is 15.9. The number of rotatable bonds is 5. The van der Waals surface area contributed by atoms with E-state index >= 15 is 0 Å². The Labute approximate surface area is 111 Å². The van der Waals surface area contributed by atoms with E-state index in [1.807, 2.05) is 6.07 Å². The Bertz CT molecular complexity index is 520. The molecule has 0 spiro atoms. The van der Waals surface area contributed by atoms with Gasteiger partial charge in [0.25, 0.3) is 0 Å². The van der Waals surface area contributed by atoms with E-state index < -0.39 is 6.10 Å². The lowest BCUT2D eigenvalue weighted by Gasteiger charge is -2.07. The third-order valence-electron chi connectivity index (χ3n) is 2.56. The number of amides is 1. The predicted molar refractivity (Wildman–Crippen MR) is 70.9 cm³/mol. The number of aliphatic hydroxyl groups excluding tert-OH is 1. The SMILES string of the molecule is CC(O)CCC(=O)Nc1ccc(-n2cccn2)nc1. The van der Waals surface area contributed by atoms with Crippen LogP contribution < -0.4 is 5.32 Å². The molecule has 0 radical (unpaired) electrons. The van der Waals surface area contributed by atoms with Gasteiger partial charge in [0.2, 0.25) is 5.91 Å². The average Bonchev–Trinajstić information content (AvgIpc) is 2.91. The van der Waals surface area contributed by atoms with E-state index in [-0.39, 0.29) is 5.91 Å². The quantitative estimate of drug-likeness (QED) is 0.850. The molecule has 0 aliphatic carbocycles. The smallest absolute Gasteiger partial charge is 0.224 e. The lowest BCUT2D eigenvalue weighted by atomic mass is 10.2. The molecule has 19 heavy (non-hydrogen) atoms. The molecule has 6 heteroatoms. The highest BCUT2D eigenvalue weighted by molar-refractivity contribution is 5.90. The molecule has 0 aliphatic rings. The normalized spacial score (nSPS) is 12.1. The van der Waals surface area contributed by atoms with Crippen molar-refractivity contribution >= 4 is 11.6 Å². The minimum absolute atomic E-state index is 0.130. The van der Waals surface area contributed by atoms with Crippen LogP contribution in [0, 0.1) is 0 Å². The first-order valence-electron chi connectivity index (χ1n) is 6.09. The Balaban J connectivity index is 1.94. The van der Waals surface area contributed by atoms with Crippen molar-refractivity contribution in [2.45, 2.75) is 25.9 Å². The number of carbonyl (C=O) groups is 1. The van der Waals surface area contributed by atoms with E-state index in [4.69, 9.17) is 5.11 Å². The Morgan fingerprint density at radius 1 is 1.53 bits per heavy atom. The van der Waals surface area contributed by atoms with Crippen LogP contribution >= 0.6 is 0 Å². The Morgan fingerprint density at radius 3 is 2.95 bits per heavy atom. The summed E-state index contributed by atoms with van der Waals surface area (Å²) < 4.78 is 1.64. The van der Waals surface area contributed by atoms with Crippen LogP contribution in [0.15, 0.2) is 36.8 Å². The fraction of sp³-hybridized carbons (Fsp3) is 0.308. The number of carbonyl (C=O) groups excluding carboxylic acids is 1. The number of aromatic nitrogens is 3. The minimum atomic E-state index is -0.467. The van der Waals surface area contributed by atoms with E-state index in [1.54, 1.807) is 42.3 Å². The number of hydrogen-bond donors (Lipinski definition) is 2. The van der Waals surface area contributed by atoms with E-state index in [0.29, 0.717) is 24.3 Å². The summed E-state index contributed by atoms with van der Waals surface area (Å²) in [6.45, 7) is 1.66. The summed E-state index contributed by atoms with van der Waals surface area (Å²) >= 11 is 0. The molecule has 1 atom stereocenters. The van der Waals surface area contributed by atoms with Crippen LogP contribution in [0.2, 0.25) is 0 Å². The molecule has 100 valence electrons. The first-order valence-corrected chi connectivity index (χ1v) is 6.09. The fourth-order valence-electron chi connectivity index (χ4n) is 1.56. The fourth-order valence-corrected chi connectivity index (χ4v) is 1.56. The van der Waals surface area contributed by atoms with Crippen LogP contribution in [-0.4, -0.2) is 31.9 Å². The molecule has 0 fully saturated rings. The van der Waals surface area contributed by atoms with Gasteiger partial charge in [0.05, 0.1) is 18.0 Å². The van der Waals surface area contributed by atoms with Crippen molar-refractivity contribution in [2.24, 2.45) is 0 Å². The maximum atomic E-state index is 11.6. The van der Waals surface area contributed by atoms with Gasteiger partial charge in [-0.1, -0.05) is 0 Å². The first-order chi connectivity index (χ1) is 9.15. The van der Waals surface area contributed by atoms with Crippen molar-refractivity contribution in [1.29, 1.82) is 0 Å². The number of nitrogens with one attached hydrogen (secondary N) is 1. The molecule has 1 amide bonds. The van der Waals surface area contributed by atoms with Crippen molar-refractivity contribution in [3.05, 3.63) is 36.8 Å². The van der Waals surface area contributed by atoms with Gasteiger partial charge in [0, 0.05) is 18.8 Å². The standard InChI is InChI=1S/C13H16N4O2/c1-10(18)3-6-13(19)16-11-4-5-12(14-9-11)17-8-2-7-15-17/h2,4-5,7-10,18H,3,6H2,1H3,(H,16,19). The number of pyridine rings is 1. The second-order valence-corrected chi connectivity index (χ2v) is 4.29. The molecule has 2 rings (SSSR count). The Kier molecular flexibility index (Phi) is 4.25. The van der Waals surface area contributed by atoms with Crippen LogP contribution in [0.4, 0.5) is 5.69 Å². The summed E-state index contributed by atoms with van der Waals surface area (Å²) in [6, 6.07) is 5.36. The van der Waals surface area contributed by atoms with Gasteiger partial charge < -0.3 is 10.4 Å². The van der Waals surface area contributed by atoms with Crippen molar-refractivity contribution in [2.75, 3.05) is 5.32 Å². The first kappa shape index (κ1) is 13.2. The van der Waals surface area contributed by atoms with Gasteiger partial charge in [-0.3, -0.25) is 4.79 Å². The highest BCUT2D eigenvalue weighted by Gasteiger charge is 2.05. The Hall–Kier alpha value is -2.21. The highest BCUT2D eigenvalue weighted by Crippen LogP contribution is 2.10. The number of hydrogen-bond acceptors (Lipinski definition) is 4. The average molecular weight is 260 g/mol. The number of anilines is 1.